The molecule has 0 saturated carbocycles. The van der Waals surface area contributed by atoms with Crippen molar-refractivity contribution >= 4 is 44.2 Å². The van der Waals surface area contributed by atoms with Gasteiger partial charge in [-0.2, -0.15) is 0 Å². The van der Waals surface area contributed by atoms with E-state index in [1.807, 2.05) is 32.3 Å². The fourth-order valence-electron chi connectivity index (χ4n) is 3.30. The third kappa shape index (κ3) is 6.15. The van der Waals surface area contributed by atoms with Crippen molar-refractivity contribution in [3.8, 4) is 0 Å². The molecule has 1 saturated heterocycles. The molecule has 1 N–H and O–H groups in total. The third-order valence-corrected chi connectivity index (χ3v) is 5.42. The minimum Gasteiger partial charge on any atom is -0.442 e. The first kappa shape index (κ1) is 23.0. The van der Waals surface area contributed by atoms with E-state index in [4.69, 9.17) is 4.74 Å². The van der Waals surface area contributed by atoms with E-state index in [0.29, 0.717) is 11.3 Å². The van der Waals surface area contributed by atoms with Crippen molar-refractivity contribution in [3.05, 3.63) is 65.0 Å². The molecule has 0 unspecified atom stereocenters. The Bertz CT molecular complexity index is 1010. The Morgan fingerprint density at radius 3 is 2.77 bits per heavy atom. The second kappa shape index (κ2) is 10.1. The van der Waals surface area contributed by atoms with E-state index in [0.717, 1.165) is 22.2 Å². The van der Waals surface area contributed by atoms with Crippen molar-refractivity contribution in [2.45, 2.75) is 19.6 Å². The van der Waals surface area contributed by atoms with Crippen LogP contribution in [0.15, 0.2) is 42.5 Å². The summed E-state index contributed by atoms with van der Waals surface area (Å²) < 4.78 is 20.8. The lowest BCUT2D eigenvalue weighted by molar-refractivity contribution is -0.119. The first-order valence-corrected chi connectivity index (χ1v) is 10.7. The monoisotopic (exact) mass is 489 g/mol. The SMILES string of the molecule is CC(=O)NC[C@H]1CN(c2ccc(C=C(Br)c3cccc(CN(C)C)c3)c(F)c2)C(=O)O1. The summed E-state index contributed by atoms with van der Waals surface area (Å²) in [7, 11) is 4.01. The van der Waals surface area contributed by atoms with Crippen LogP contribution < -0.4 is 10.2 Å². The number of anilines is 1. The zero-order valence-electron chi connectivity index (χ0n) is 17.7. The second-order valence-corrected chi connectivity index (χ2v) is 8.54. The maximum absolute atomic E-state index is 14.8. The van der Waals surface area contributed by atoms with Crippen LogP contribution >= 0.6 is 15.9 Å². The highest BCUT2D eigenvalue weighted by molar-refractivity contribution is 9.15. The summed E-state index contributed by atoms with van der Waals surface area (Å²) in [6.07, 6.45) is 0.690. The van der Waals surface area contributed by atoms with Crippen LogP contribution in [0.25, 0.3) is 10.6 Å². The van der Waals surface area contributed by atoms with Gasteiger partial charge in [-0.25, -0.2) is 9.18 Å². The molecule has 8 heteroatoms. The van der Waals surface area contributed by atoms with E-state index in [1.165, 1.54) is 17.9 Å². The van der Waals surface area contributed by atoms with Gasteiger partial charge in [-0.1, -0.05) is 34.1 Å². The van der Waals surface area contributed by atoms with Gasteiger partial charge in [0.1, 0.15) is 11.9 Å². The van der Waals surface area contributed by atoms with Gasteiger partial charge in [0.15, 0.2) is 0 Å². The highest BCUT2D eigenvalue weighted by Gasteiger charge is 2.32. The Morgan fingerprint density at radius 1 is 1.32 bits per heavy atom. The molecular weight excluding hydrogens is 465 g/mol. The number of carbonyl (C=O) groups excluding carboxylic acids is 2. The van der Waals surface area contributed by atoms with Crippen LogP contribution in [0.2, 0.25) is 0 Å². The van der Waals surface area contributed by atoms with Gasteiger partial charge in [-0.15, -0.1) is 0 Å². The zero-order chi connectivity index (χ0) is 22.5. The van der Waals surface area contributed by atoms with E-state index in [2.05, 4.69) is 32.2 Å². The molecule has 164 valence electrons. The molecular formula is C23H25BrFN3O3. The van der Waals surface area contributed by atoms with Crippen molar-refractivity contribution in [3.63, 3.8) is 0 Å². The minimum absolute atomic E-state index is 0.200. The minimum atomic E-state index is -0.558. The molecule has 0 radical (unpaired) electrons. The number of hydrogen-bond donors (Lipinski definition) is 1. The van der Waals surface area contributed by atoms with Gasteiger partial charge in [0, 0.05) is 23.5 Å². The fourth-order valence-corrected chi connectivity index (χ4v) is 3.79. The van der Waals surface area contributed by atoms with Gasteiger partial charge in [0.25, 0.3) is 0 Å². The molecule has 1 atom stereocenters. The number of hydrogen-bond acceptors (Lipinski definition) is 4. The number of halogens is 2. The van der Waals surface area contributed by atoms with E-state index in [-0.39, 0.29) is 19.0 Å². The first-order valence-electron chi connectivity index (χ1n) is 9.86. The summed E-state index contributed by atoms with van der Waals surface area (Å²) >= 11 is 3.55. The summed E-state index contributed by atoms with van der Waals surface area (Å²) in [6, 6.07) is 12.7. The van der Waals surface area contributed by atoms with Crippen LogP contribution in [0.4, 0.5) is 14.9 Å². The second-order valence-electron chi connectivity index (χ2n) is 7.69. The number of amides is 2. The quantitative estimate of drug-likeness (QED) is 0.590. The van der Waals surface area contributed by atoms with Crippen LogP contribution in [-0.4, -0.2) is 50.2 Å². The maximum Gasteiger partial charge on any atom is 0.414 e. The molecule has 1 aliphatic heterocycles. The molecule has 3 rings (SSSR count). The number of ether oxygens (including phenoxy) is 1. The molecule has 31 heavy (non-hydrogen) atoms. The van der Waals surface area contributed by atoms with E-state index >= 15 is 0 Å². The van der Waals surface area contributed by atoms with Gasteiger partial charge in [-0.3, -0.25) is 9.69 Å². The van der Waals surface area contributed by atoms with Gasteiger partial charge in [0.05, 0.1) is 18.8 Å². The predicted octanol–water partition coefficient (Wildman–Crippen LogP) is 4.24. The third-order valence-electron chi connectivity index (χ3n) is 4.73. The number of carbonyl (C=O) groups is 2. The normalized spacial score (nSPS) is 16.6. The average molecular weight is 490 g/mol. The molecule has 2 aromatic carbocycles. The van der Waals surface area contributed by atoms with Gasteiger partial charge < -0.3 is 15.0 Å². The standard InChI is InChI=1S/C23H25BrFN3O3/c1-15(29)26-12-20-14-28(23(30)31-20)19-8-7-18(22(25)11-19)10-21(24)17-6-4-5-16(9-17)13-27(2)3/h4-11,20H,12-14H2,1-3H3,(H,26,29)/t20-/m0/s1. The largest absolute Gasteiger partial charge is 0.442 e. The first-order chi connectivity index (χ1) is 14.7. The van der Waals surface area contributed by atoms with Crippen molar-refractivity contribution in [2.24, 2.45) is 0 Å². The number of nitrogens with one attached hydrogen (secondary N) is 1. The highest BCUT2D eigenvalue weighted by Crippen LogP contribution is 2.29. The molecule has 0 aromatic heterocycles. The lowest BCUT2D eigenvalue weighted by Gasteiger charge is -2.14. The van der Waals surface area contributed by atoms with E-state index in [9.17, 15) is 14.0 Å². The molecule has 0 spiro atoms. The molecule has 1 fully saturated rings. The maximum atomic E-state index is 14.8. The van der Waals surface area contributed by atoms with E-state index < -0.39 is 18.0 Å². The van der Waals surface area contributed by atoms with Gasteiger partial charge in [0.2, 0.25) is 5.91 Å². The van der Waals surface area contributed by atoms with Gasteiger partial charge >= 0.3 is 6.09 Å². The smallest absolute Gasteiger partial charge is 0.414 e. The number of benzene rings is 2. The lowest BCUT2D eigenvalue weighted by Crippen LogP contribution is -2.33. The number of rotatable bonds is 7. The molecule has 2 amide bonds. The summed E-state index contributed by atoms with van der Waals surface area (Å²) in [4.78, 5) is 26.6. The predicted molar refractivity (Wildman–Crippen MR) is 123 cm³/mol. The molecule has 0 bridgehead atoms. The van der Waals surface area contributed by atoms with Crippen LogP contribution in [0.5, 0.6) is 0 Å². The fraction of sp³-hybridized carbons (Fsp3) is 0.304. The average Bonchev–Trinajstić information content (AvgIpc) is 3.08. The Morgan fingerprint density at radius 2 is 2.10 bits per heavy atom. The van der Waals surface area contributed by atoms with E-state index in [1.54, 1.807) is 18.2 Å². The van der Waals surface area contributed by atoms with Gasteiger partial charge in [-0.05, 0) is 55.6 Å². The highest BCUT2D eigenvalue weighted by atomic mass is 79.9. The zero-order valence-corrected chi connectivity index (χ0v) is 19.3. The molecule has 6 nitrogen and oxygen atoms in total. The lowest BCUT2D eigenvalue weighted by atomic mass is 10.1. The topological polar surface area (TPSA) is 61.9 Å². The molecule has 1 aliphatic rings. The molecule has 1 heterocycles. The Balaban J connectivity index is 1.75. The van der Waals surface area contributed by atoms with Crippen LogP contribution in [0.3, 0.4) is 0 Å². The van der Waals surface area contributed by atoms with Crippen molar-refractivity contribution in [1.82, 2.24) is 10.2 Å². The Hall–Kier alpha value is -2.71. The van der Waals surface area contributed by atoms with Crippen LogP contribution in [0, 0.1) is 5.82 Å². The summed E-state index contributed by atoms with van der Waals surface area (Å²) in [5, 5.41) is 2.62. The number of cyclic esters (lactones) is 1. The summed E-state index contributed by atoms with van der Waals surface area (Å²) in [5.74, 6) is -0.647. The van der Waals surface area contributed by atoms with Crippen molar-refractivity contribution in [1.29, 1.82) is 0 Å². The van der Waals surface area contributed by atoms with Crippen molar-refractivity contribution < 1.29 is 18.7 Å². The molecule has 0 aliphatic carbocycles. The van der Waals surface area contributed by atoms with Crippen LogP contribution in [0.1, 0.15) is 23.6 Å². The number of nitrogens with zero attached hydrogens (tertiary/aromatic N) is 2. The Kier molecular flexibility index (Phi) is 7.46. The van der Waals surface area contributed by atoms with Crippen molar-refractivity contribution in [2.75, 3.05) is 32.1 Å². The summed E-state index contributed by atoms with van der Waals surface area (Å²) in [5.41, 5.74) is 2.92. The summed E-state index contributed by atoms with van der Waals surface area (Å²) in [6.45, 7) is 2.68. The Labute approximate surface area is 189 Å². The van der Waals surface area contributed by atoms with Crippen LogP contribution in [-0.2, 0) is 16.1 Å². The molecule has 2 aromatic rings.